The van der Waals surface area contributed by atoms with Crippen LogP contribution in [-0.4, -0.2) is 43.7 Å². The van der Waals surface area contributed by atoms with Crippen LogP contribution >= 0.6 is 24.0 Å². The van der Waals surface area contributed by atoms with Crippen LogP contribution in [0.4, 0.5) is 17.6 Å². The van der Waals surface area contributed by atoms with E-state index in [9.17, 15) is 17.6 Å². The molecule has 0 unspecified atom stereocenters. The molecule has 1 saturated carbocycles. The predicted octanol–water partition coefficient (Wildman–Crippen LogP) is 4.68. The van der Waals surface area contributed by atoms with Crippen molar-refractivity contribution in [2.75, 3.05) is 20.6 Å². The van der Waals surface area contributed by atoms with Crippen molar-refractivity contribution in [1.29, 1.82) is 0 Å². The van der Waals surface area contributed by atoms with Gasteiger partial charge in [-0.2, -0.15) is 13.2 Å². The minimum absolute atomic E-state index is 0. The standard InChI is InChI=1S/C20H30F4N4.HI/c1-4-25-19(27-17-8-6-16(7-9-17)20(22,23)24)26-12-14-5-10-18(21)15(11-14)13-28(2)3;/h5,10-11,16-17H,4,6-9,12-13H2,1-3H3,(H2,25,26,27);1H. The SMILES string of the molecule is CCNC(=NCc1ccc(F)c(CN(C)C)c1)NC1CCC(C(F)(F)F)CC1.I. The van der Waals surface area contributed by atoms with Gasteiger partial charge in [0.25, 0.3) is 0 Å². The first-order chi connectivity index (χ1) is 13.2. The number of benzene rings is 1. The van der Waals surface area contributed by atoms with Crippen LogP contribution in [-0.2, 0) is 13.1 Å². The van der Waals surface area contributed by atoms with Gasteiger partial charge in [0, 0.05) is 24.7 Å². The van der Waals surface area contributed by atoms with E-state index in [2.05, 4.69) is 15.6 Å². The summed E-state index contributed by atoms with van der Waals surface area (Å²) in [4.78, 5) is 6.43. The van der Waals surface area contributed by atoms with Crippen LogP contribution in [0.2, 0.25) is 0 Å². The number of alkyl halides is 3. The van der Waals surface area contributed by atoms with Crippen molar-refractivity contribution in [2.24, 2.45) is 10.9 Å². The van der Waals surface area contributed by atoms with Crippen LogP contribution in [0.1, 0.15) is 43.7 Å². The molecule has 0 spiro atoms. The Labute approximate surface area is 187 Å². The molecule has 0 amide bonds. The van der Waals surface area contributed by atoms with Gasteiger partial charge in [0.05, 0.1) is 12.5 Å². The highest BCUT2D eigenvalue weighted by molar-refractivity contribution is 14.0. The van der Waals surface area contributed by atoms with Crippen molar-refractivity contribution in [2.45, 2.75) is 57.9 Å². The van der Waals surface area contributed by atoms with Crippen molar-refractivity contribution in [3.05, 3.63) is 35.1 Å². The highest BCUT2D eigenvalue weighted by Crippen LogP contribution is 2.37. The summed E-state index contributed by atoms with van der Waals surface area (Å²) in [6.07, 6.45) is -2.87. The highest BCUT2D eigenvalue weighted by Gasteiger charge is 2.41. The molecule has 1 aliphatic carbocycles. The van der Waals surface area contributed by atoms with E-state index in [0.29, 0.717) is 44.0 Å². The molecule has 0 aliphatic heterocycles. The fourth-order valence-electron chi connectivity index (χ4n) is 3.44. The fourth-order valence-corrected chi connectivity index (χ4v) is 3.44. The summed E-state index contributed by atoms with van der Waals surface area (Å²) in [6, 6.07) is 4.93. The molecule has 0 saturated heterocycles. The zero-order valence-corrected chi connectivity index (χ0v) is 19.5. The Bertz CT molecular complexity index is 656. The number of hydrogen-bond acceptors (Lipinski definition) is 2. The summed E-state index contributed by atoms with van der Waals surface area (Å²) in [6.45, 7) is 3.46. The van der Waals surface area contributed by atoms with E-state index >= 15 is 0 Å². The van der Waals surface area contributed by atoms with Crippen LogP contribution < -0.4 is 10.6 Å². The highest BCUT2D eigenvalue weighted by atomic mass is 127. The average Bonchev–Trinajstić information content (AvgIpc) is 2.61. The van der Waals surface area contributed by atoms with Crippen LogP contribution in [0.3, 0.4) is 0 Å². The molecule has 0 radical (unpaired) electrons. The maximum atomic E-state index is 13.9. The van der Waals surface area contributed by atoms with Gasteiger partial charge < -0.3 is 15.5 Å². The van der Waals surface area contributed by atoms with Crippen LogP contribution in [0.5, 0.6) is 0 Å². The monoisotopic (exact) mass is 530 g/mol. The molecule has 1 aromatic carbocycles. The molecule has 166 valence electrons. The molecule has 1 aromatic rings. The molecule has 1 aliphatic rings. The summed E-state index contributed by atoms with van der Waals surface area (Å²) in [5.74, 6) is -0.858. The summed E-state index contributed by atoms with van der Waals surface area (Å²) >= 11 is 0. The number of nitrogens with one attached hydrogen (secondary N) is 2. The smallest absolute Gasteiger partial charge is 0.357 e. The maximum Gasteiger partial charge on any atom is 0.391 e. The summed E-state index contributed by atoms with van der Waals surface area (Å²) in [5, 5.41) is 6.38. The quantitative estimate of drug-likeness (QED) is 0.243. The van der Waals surface area contributed by atoms with Gasteiger partial charge in [-0.05, 0) is 64.4 Å². The Balaban J connectivity index is 0.00000420. The molecule has 0 atom stereocenters. The first-order valence-electron chi connectivity index (χ1n) is 9.72. The number of halogens is 5. The molecule has 4 nitrogen and oxygen atoms in total. The lowest BCUT2D eigenvalue weighted by Crippen LogP contribution is -2.45. The van der Waals surface area contributed by atoms with Gasteiger partial charge in [0.15, 0.2) is 5.96 Å². The summed E-state index contributed by atoms with van der Waals surface area (Å²) in [7, 11) is 3.76. The van der Waals surface area contributed by atoms with E-state index in [4.69, 9.17) is 0 Å². The minimum Gasteiger partial charge on any atom is -0.357 e. The molecule has 29 heavy (non-hydrogen) atoms. The van der Waals surface area contributed by atoms with Crippen molar-refractivity contribution in [3.8, 4) is 0 Å². The third kappa shape index (κ3) is 8.65. The van der Waals surface area contributed by atoms with Crippen molar-refractivity contribution < 1.29 is 17.6 Å². The Morgan fingerprint density at radius 1 is 1.17 bits per heavy atom. The number of aliphatic imine (C=N–C) groups is 1. The van der Waals surface area contributed by atoms with Gasteiger partial charge in [0.1, 0.15) is 5.82 Å². The topological polar surface area (TPSA) is 39.7 Å². The molecule has 0 aromatic heterocycles. The molecule has 0 bridgehead atoms. The van der Waals surface area contributed by atoms with Crippen molar-refractivity contribution in [1.82, 2.24) is 15.5 Å². The fraction of sp³-hybridized carbons (Fsp3) is 0.650. The number of guanidine groups is 1. The lowest BCUT2D eigenvalue weighted by atomic mass is 9.85. The zero-order valence-electron chi connectivity index (χ0n) is 17.2. The van der Waals surface area contributed by atoms with E-state index in [-0.39, 0.29) is 48.7 Å². The minimum atomic E-state index is -4.10. The van der Waals surface area contributed by atoms with E-state index in [1.165, 1.54) is 6.07 Å². The molecule has 1 fully saturated rings. The van der Waals surface area contributed by atoms with Gasteiger partial charge >= 0.3 is 6.18 Å². The van der Waals surface area contributed by atoms with Gasteiger partial charge in [-0.1, -0.05) is 6.07 Å². The average molecular weight is 530 g/mol. The first-order valence-corrected chi connectivity index (χ1v) is 9.72. The number of hydrogen-bond donors (Lipinski definition) is 2. The lowest BCUT2D eigenvalue weighted by molar-refractivity contribution is -0.182. The third-order valence-electron chi connectivity index (χ3n) is 4.89. The molecule has 2 N–H and O–H groups in total. The summed E-state index contributed by atoms with van der Waals surface area (Å²) < 4.78 is 52.3. The maximum absolute atomic E-state index is 13.9. The Kier molecular flexibility index (Phi) is 10.7. The van der Waals surface area contributed by atoms with Gasteiger partial charge in [-0.15, -0.1) is 24.0 Å². The molecular formula is C20H31F4IN4. The molecule has 9 heteroatoms. The molecule has 2 rings (SSSR count). The zero-order chi connectivity index (χ0) is 20.7. The Morgan fingerprint density at radius 3 is 2.38 bits per heavy atom. The van der Waals surface area contributed by atoms with Gasteiger partial charge in [-0.3, -0.25) is 0 Å². The van der Waals surface area contributed by atoms with E-state index in [1.807, 2.05) is 25.9 Å². The van der Waals surface area contributed by atoms with Gasteiger partial charge in [-0.25, -0.2) is 9.38 Å². The van der Waals surface area contributed by atoms with Crippen LogP contribution in [0, 0.1) is 11.7 Å². The largest absolute Gasteiger partial charge is 0.391 e. The predicted molar refractivity (Wildman–Crippen MR) is 119 cm³/mol. The second-order valence-corrected chi connectivity index (χ2v) is 7.59. The normalized spacial score (nSPS) is 20.3. The van der Waals surface area contributed by atoms with E-state index in [1.54, 1.807) is 12.1 Å². The van der Waals surface area contributed by atoms with Crippen LogP contribution in [0.25, 0.3) is 0 Å². The van der Waals surface area contributed by atoms with Crippen molar-refractivity contribution in [3.63, 3.8) is 0 Å². The first kappa shape index (κ1) is 25.9. The number of rotatable bonds is 6. The lowest BCUT2D eigenvalue weighted by Gasteiger charge is -2.31. The molecular weight excluding hydrogens is 499 g/mol. The van der Waals surface area contributed by atoms with E-state index < -0.39 is 12.1 Å². The van der Waals surface area contributed by atoms with Crippen LogP contribution in [0.15, 0.2) is 23.2 Å². The Hall–Kier alpha value is -1.10. The second-order valence-electron chi connectivity index (χ2n) is 7.59. The van der Waals surface area contributed by atoms with Gasteiger partial charge in [0.2, 0.25) is 0 Å². The Morgan fingerprint density at radius 2 is 1.83 bits per heavy atom. The second kappa shape index (κ2) is 11.9. The molecule has 0 heterocycles. The third-order valence-corrected chi connectivity index (χ3v) is 4.89. The van der Waals surface area contributed by atoms with E-state index in [0.717, 1.165) is 5.56 Å². The van der Waals surface area contributed by atoms with Crippen molar-refractivity contribution >= 4 is 29.9 Å². The summed E-state index contributed by atoms with van der Waals surface area (Å²) in [5.41, 5.74) is 1.50. The number of nitrogens with zero attached hydrogens (tertiary/aromatic N) is 2.